The van der Waals surface area contributed by atoms with Crippen LogP contribution in [0, 0.1) is 0 Å². The minimum atomic E-state index is -0.141. The zero-order valence-electron chi connectivity index (χ0n) is 14.2. The molecule has 2 saturated heterocycles. The van der Waals surface area contributed by atoms with Crippen LogP contribution in [0.15, 0.2) is 28.1 Å². The van der Waals surface area contributed by atoms with E-state index in [1.54, 1.807) is 0 Å². The number of halogens is 1. The van der Waals surface area contributed by atoms with Gasteiger partial charge < -0.3 is 9.80 Å². The summed E-state index contributed by atoms with van der Waals surface area (Å²) in [6.07, 6.45) is 7.97. The van der Waals surface area contributed by atoms with Crippen molar-refractivity contribution in [1.29, 1.82) is 0 Å². The second-order valence-corrected chi connectivity index (χ2v) is 8.14. The number of carbonyl (C=O) groups excluding carboxylic acids is 1. The van der Waals surface area contributed by atoms with Gasteiger partial charge in [-0.3, -0.25) is 4.79 Å². The maximum absolute atomic E-state index is 12.4. The largest absolute Gasteiger partial charge is 0.371 e. The molecule has 0 spiro atoms. The summed E-state index contributed by atoms with van der Waals surface area (Å²) in [7, 11) is 0. The molecule has 132 valence electrons. The van der Waals surface area contributed by atoms with Gasteiger partial charge in [-0.2, -0.15) is 4.99 Å². The van der Waals surface area contributed by atoms with E-state index in [9.17, 15) is 4.79 Å². The molecule has 1 aromatic carbocycles. The molecule has 6 heteroatoms. The predicted octanol–water partition coefficient (Wildman–Crippen LogP) is 4.40. The van der Waals surface area contributed by atoms with Gasteiger partial charge in [0.2, 0.25) is 0 Å². The lowest BCUT2D eigenvalue weighted by molar-refractivity contribution is -0.113. The van der Waals surface area contributed by atoms with Crippen LogP contribution in [-0.2, 0) is 4.79 Å². The molecule has 0 saturated carbocycles. The van der Waals surface area contributed by atoms with Crippen molar-refractivity contribution in [2.75, 3.05) is 31.1 Å². The number of piperidine rings is 1. The highest BCUT2D eigenvalue weighted by Crippen LogP contribution is 2.36. The Morgan fingerprint density at radius 1 is 1.00 bits per heavy atom. The number of hydrogen-bond acceptors (Lipinski definition) is 4. The summed E-state index contributed by atoms with van der Waals surface area (Å²) in [5.41, 5.74) is 2.06. The minimum Gasteiger partial charge on any atom is -0.371 e. The molecule has 0 N–H and O–H groups in total. The predicted molar refractivity (Wildman–Crippen MR) is 106 cm³/mol. The van der Waals surface area contributed by atoms with E-state index in [0.29, 0.717) is 9.93 Å². The summed E-state index contributed by atoms with van der Waals surface area (Å²) in [4.78, 5) is 22.0. The monoisotopic (exact) mass is 375 g/mol. The van der Waals surface area contributed by atoms with Crippen molar-refractivity contribution in [2.24, 2.45) is 4.99 Å². The lowest BCUT2D eigenvalue weighted by Crippen LogP contribution is -2.33. The van der Waals surface area contributed by atoms with Crippen LogP contribution in [0.4, 0.5) is 5.69 Å². The fourth-order valence-electron chi connectivity index (χ4n) is 3.65. The van der Waals surface area contributed by atoms with Crippen LogP contribution in [0.3, 0.4) is 0 Å². The molecule has 3 aliphatic heterocycles. The second kappa shape index (κ2) is 7.42. The van der Waals surface area contributed by atoms with Crippen molar-refractivity contribution in [3.8, 4) is 0 Å². The van der Waals surface area contributed by atoms with E-state index < -0.39 is 0 Å². The highest BCUT2D eigenvalue weighted by atomic mass is 35.5. The maximum Gasteiger partial charge on any atom is 0.286 e. The number of likely N-dealkylation sites (tertiary alicyclic amines) is 1. The Hall–Kier alpha value is -1.46. The van der Waals surface area contributed by atoms with Crippen molar-refractivity contribution in [3.05, 3.63) is 33.7 Å². The number of amides is 1. The first kappa shape index (κ1) is 17.0. The van der Waals surface area contributed by atoms with Gasteiger partial charge in [0.1, 0.15) is 0 Å². The molecular formula is C19H22ClN3OS. The third kappa shape index (κ3) is 3.58. The van der Waals surface area contributed by atoms with E-state index in [1.165, 1.54) is 43.9 Å². The molecular weight excluding hydrogens is 354 g/mol. The van der Waals surface area contributed by atoms with Gasteiger partial charge >= 0.3 is 0 Å². The third-order valence-electron chi connectivity index (χ3n) is 4.99. The van der Waals surface area contributed by atoms with E-state index in [0.717, 1.165) is 42.6 Å². The third-order valence-corrected chi connectivity index (χ3v) is 6.36. The van der Waals surface area contributed by atoms with Gasteiger partial charge in [-0.15, -0.1) is 0 Å². The first-order chi connectivity index (χ1) is 12.2. The molecule has 2 fully saturated rings. The quantitative estimate of drug-likeness (QED) is 0.718. The van der Waals surface area contributed by atoms with E-state index in [2.05, 4.69) is 20.9 Å². The molecule has 25 heavy (non-hydrogen) atoms. The summed E-state index contributed by atoms with van der Waals surface area (Å²) >= 11 is 7.97. The molecule has 1 aromatic rings. The number of carbonyl (C=O) groups is 1. The van der Waals surface area contributed by atoms with Crippen LogP contribution in [0.1, 0.15) is 37.7 Å². The molecule has 1 amide bonds. The van der Waals surface area contributed by atoms with Crippen LogP contribution in [0.25, 0.3) is 6.08 Å². The van der Waals surface area contributed by atoms with Gasteiger partial charge in [-0.25, -0.2) is 0 Å². The molecule has 3 aliphatic rings. The zero-order valence-corrected chi connectivity index (χ0v) is 15.8. The second-order valence-electron chi connectivity index (χ2n) is 6.72. The molecule has 0 aliphatic carbocycles. The first-order valence-corrected chi connectivity index (χ1v) is 10.2. The van der Waals surface area contributed by atoms with Crippen LogP contribution >= 0.6 is 23.4 Å². The number of aliphatic imine (C=N–C) groups is 1. The highest BCUT2D eigenvalue weighted by molar-refractivity contribution is 8.18. The van der Waals surface area contributed by atoms with Crippen LogP contribution in [-0.4, -0.2) is 42.2 Å². The molecule has 3 heterocycles. The van der Waals surface area contributed by atoms with Crippen LogP contribution in [0.5, 0.6) is 0 Å². The summed E-state index contributed by atoms with van der Waals surface area (Å²) < 4.78 is 0. The number of hydrogen-bond donors (Lipinski definition) is 0. The Labute approximate surface area is 157 Å². The molecule has 0 unspecified atom stereocenters. The zero-order chi connectivity index (χ0) is 17.2. The molecule has 0 aromatic heterocycles. The number of thioether (sulfide) groups is 1. The molecule has 4 nitrogen and oxygen atoms in total. The molecule has 0 bridgehead atoms. The smallest absolute Gasteiger partial charge is 0.286 e. The topological polar surface area (TPSA) is 35.9 Å². The number of nitrogens with zero attached hydrogens (tertiary/aromatic N) is 3. The van der Waals surface area contributed by atoms with Gasteiger partial charge in [-0.05, 0) is 62.1 Å². The number of anilines is 1. The average Bonchev–Trinajstić information content (AvgIpc) is 3.28. The Morgan fingerprint density at radius 2 is 1.68 bits per heavy atom. The van der Waals surface area contributed by atoms with Crippen LogP contribution < -0.4 is 4.90 Å². The fourth-order valence-corrected chi connectivity index (χ4v) is 4.82. The van der Waals surface area contributed by atoms with E-state index in [1.807, 2.05) is 18.2 Å². The Bertz CT molecular complexity index is 734. The standard InChI is InChI=1S/C19H22ClN3OS/c20-15-7-6-8-16(22-9-4-5-10-22)14(15)13-17-18(24)21-19(25-17)23-11-2-1-3-12-23/h6-8,13H,1-5,9-12H2. The molecule has 0 atom stereocenters. The van der Waals surface area contributed by atoms with Crippen molar-refractivity contribution < 1.29 is 4.79 Å². The fraction of sp³-hybridized carbons (Fsp3) is 0.474. The number of amidine groups is 1. The van der Waals surface area contributed by atoms with Gasteiger partial charge in [0.25, 0.3) is 5.91 Å². The normalized spacial score (nSPS) is 22.8. The summed E-state index contributed by atoms with van der Waals surface area (Å²) in [5, 5.41) is 1.54. The Morgan fingerprint density at radius 3 is 2.44 bits per heavy atom. The van der Waals surface area contributed by atoms with Crippen molar-refractivity contribution in [1.82, 2.24) is 4.90 Å². The van der Waals surface area contributed by atoms with Gasteiger partial charge in [0, 0.05) is 42.5 Å². The summed E-state index contributed by atoms with van der Waals surface area (Å²) in [6, 6.07) is 5.97. The van der Waals surface area contributed by atoms with Crippen molar-refractivity contribution in [2.45, 2.75) is 32.1 Å². The van der Waals surface area contributed by atoms with Gasteiger partial charge in [0.05, 0.1) is 4.91 Å². The number of rotatable bonds is 2. The lowest BCUT2D eigenvalue weighted by Gasteiger charge is -2.27. The van der Waals surface area contributed by atoms with Crippen LogP contribution in [0.2, 0.25) is 5.02 Å². The Kier molecular flexibility index (Phi) is 5.04. The average molecular weight is 376 g/mol. The van der Waals surface area contributed by atoms with E-state index in [-0.39, 0.29) is 5.91 Å². The minimum absolute atomic E-state index is 0.141. The number of benzene rings is 1. The lowest BCUT2D eigenvalue weighted by atomic mass is 10.1. The molecule has 0 radical (unpaired) electrons. The molecule has 4 rings (SSSR count). The van der Waals surface area contributed by atoms with Gasteiger partial charge in [0.15, 0.2) is 5.17 Å². The van der Waals surface area contributed by atoms with Crippen molar-refractivity contribution >= 4 is 46.2 Å². The highest BCUT2D eigenvalue weighted by Gasteiger charge is 2.28. The van der Waals surface area contributed by atoms with E-state index in [4.69, 9.17) is 11.6 Å². The first-order valence-electron chi connectivity index (χ1n) is 9.03. The van der Waals surface area contributed by atoms with Crippen molar-refractivity contribution in [3.63, 3.8) is 0 Å². The Balaban J connectivity index is 1.60. The van der Waals surface area contributed by atoms with Gasteiger partial charge in [-0.1, -0.05) is 17.7 Å². The SMILES string of the molecule is O=C1N=C(N2CCCCC2)SC1=Cc1c(Cl)cccc1N1CCCC1. The summed E-state index contributed by atoms with van der Waals surface area (Å²) in [5.74, 6) is -0.141. The maximum atomic E-state index is 12.4. The summed E-state index contributed by atoms with van der Waals surface area (Å²) in [6.45, 7) is 4.09. The van der Waals surface area contributed by atoms with E-state index >= 15 is 0 Å².